The molecule has 7 nitrogen and oxygen atoms in total. The second kappa shape index (κ2) is 7.15. The molecular weight excluding hydrogens is 354 g/mol. The number of anilines is 1. The first-order valence-electron chi connectivity index (χ1n) is 8.73. The summed E-state index contributed by atoms with van der Waals surface area (Å²) < 4.78 is 0. The number of amides is 3. The largest absolute Gasteiger partial charge is 0.350 e. The van der Waals surface area contributed by atoms with E-state index in [9.17, 15) is 9.59 Å². The van der Waals surface area contributed by atoms with Crippen molar-refractivity contribution >= 4 is 35.2 Å². The predicted molar refractivity (Wildman–Crippen MR) is 101 cm³/mol. The summed E-state index contributed by atoms with van der Waals surface area (Å²) >= 11 is 5.97. The van der Waals surface area contributed by atoms with E-state index in [0.717, 1.165) is 12.8 Å². The first kappa shape index (κ1) is 18.5. The van der Waals surface area contributed by atoms with Crippen molar-refractivity contribution in [1.29, 1.82) is 5.41 Å². The van der Waals surface area contributed by atoms with E-state index in [1.165, 1.54) is 4.90 Å². The monoisotopic (exact) mass is 377 g/mol. The molecule has 2 heterocycles. The summed E-state index contributed by atoms with van der Waals surface area (Å²) in [5, 5.41) is 14.6. The van der Waals surface area contributed by atoms with Crippen LogP contribution in [-0.4, -0.2) is 53.4 Å². The number of likely N-dealkylation sites (tertiary alicyclic amines) is 1. The van der Waals surface area contributed by atoms with Gasteiger partial charge in [0, 0.05) is 30.8 Å². The summed E-state index contributed by atoms with van der Waals surface area (Å²) in [5.41, 5.74) is 0.139. The average Bonchev–Trinajstić information content (AvgIpc) is 2.60. The molecule has 0 saturated carbocycles. The number of rotatable bonds is 2. The zero-order valence-electron chi connectivity index (χ0n) is 15.0. The van der Waals surface area contributed by atoms with Crippen LogP contribution < -0.4 is 10.6 Å². The maximum Gasteiger partial charge on any atom is 0.321 e. The standard InChI is InChI=1S/C18H24ClN5O2/c1-18(10-15(25)23(2)16(20)22-18)12-5-4-8-24(11-12)17(26)21-14-7-3-6-13(19)9-14/h3,6-7,9,12H,4-5,8,10-11H2,1-2H3,(H2,20,22)(H,21,26)/t12?,18-/m0/s1. The highest BCUT2D eigenvalue weighted by Crippen LogP contribution is 2.32. The van der Waals surface area contributed by atoms with Crippen LogP contribution in [0.5, 0.6) is 0 Å². The summed E-state index contributed by atoms with van der Waals surface area (Å²) in [5.74, 6) is 0.139. The Bertz CT molecular complexity index is 720. The van der Waals surface area contributed by atoms with Crippen molar-refractivity contribution in [3.05, 3.63) is 29.3 Å². The van der Waals surface area contributed by atoms with Crippen LogP contribution >= 0.6 is 11.6 Å². The summed E-state index contributed by atoms with van der Waals surface area (Å²) in [7, 11) is 1.60. The topological polar surface area (TPSA) is 88.5 Å². The number of nitrogens with one attached hydrogen (secondary N) is 3. The second-order valence-electron chi connectivity index (χ2n) is 7.25. The van der Waals surface area contributed by atoms with Crippen LogP contribution in [-0.2, 0) is 4.79 Å². The number of urea groups is 1. The van der Waals surface area contributed by atoms with Gasteiger partial charge >= 0.3 is 6.03 Å². The Morgan fingerprint density at radius 2 is 2.23 bits per heavy atom. The fourth-order valence-electron chi connectivity index (χ4n) is 3.65. The molecule has 2 saturated heterocycles. The Morgan fingerprint density at radius 3 is 2.92 bits per heavy atom. The molecular formula is C18H24ClN5O2. The molecule has 2 fully saturated rings. The van der Waals surface area contributed by atoms with Crippen LogP contribution in [0.25, 0.3) is 0 Å². The first-order valence-corrected chi connectivity index (χ1v) is 9.11. The summed E-state index contributed by atoms with van der Waals surface area (Å²) in [6, 6.07) is 6.88. The second-order valence-corrected chi connectivity index (χ2v) is 7.68. The van der Waals surface area contributed by atoms with Gasteiger partial charge in [0.1, 0.15) is 0 Å². The van der Waals surface area contributed by atoms with E-state index in [2.05, 4.69) is 10.6 Å². The Morgan fingerprint density at radius 1 is 1.46 bits per heavy atom. The van der Waals surface area contributed by atoms with Gasteiger partial charge in [0.2, 0.25) is 5.91 Å². The van der Waals surface area contributed by atoms with E-state index in [4.69, 9.17) is 17.0 Å². The molecule has 2 aliphatic heterocycles. The molecule has 26 heavy (non-hydrogen) atoms. The van der Waals surface area contributed by atoms with E-state index < -0.39 is 5.54 Å². The Labute approximate surface area is 158 Å². The number of nitrogens with zero attached hydrogens (tertiary/aromatic N) is 2. The number of carbonyl (C=O) groups excluding carboxylic acids is 2. The minimum absolute atomic E-state index is 0.0725. The lowest BCUT2D eigenvalue weighted by Gasteiger charge is -2.47. The van der Waals surface area contributed by atoms with Crippen molar-refractivity contribution < 1.29 is 9.59 Å². The minimum atomic E-state index is -0.518. The average molecular weight is 378 g/mol. The summed E-state index contributed by atoms with van der Waals surface area (Å²) in [6.07, 6.45) is 2.09. The van der Waals surface area contributed by atoms with Crippen molar-refractivity contribution in [2.24, 2.45) is 5.92 Å². The molecule has 1 aromatic carbocycles. The quantitative estimate of drug-likeness (QED) is 0.740. The van der Waals surface area contributed by atoms with Crippen LogP contribution in [0.3, 0.4) is 0 Å². The number of hydrogen-bond donors (Lipinski definition) is 3. The normalized spacial score (nSPS) is 26.5. The fourth-order valence-corrected chi connectivity index (χ4v) is 3.84. The van der Waals surface area contributed by atoms with Crippen molar-refractivity contribution in [3.63, 3.8) is 0 Å². The number of benzene rings is 1. The molecule has 0 aliphatic carbocycles. The lowest BCUT2D eigenvalue weighted by atomic mass is 9.76. The molecule has 1 aromatic rings. The van der Waals surface area contributed by atoms with Gasteiger partial charge in [0.05, 0.1) is 12.0 Å². The third-order valence-corrected chi connectivity index (χ3v) is 5.55. The van der Waals surface area contributed by atoms with Gasteiger partial charge < -0.3 is 15.5 Å². The molecule has 0 spiro atoms. The van der Waals surface area contributed by atoms with Crippen molar-refractivity contribution in [2.75, 3.05) is 25.5 Å². The van der Waals surface area contributed by atoms with Crippen LogP contribution in [0.4, 0.5) is 10.5 Å². The highest BCUT2D eigenvalue weighted by molar-refractivity contribution is 6.30. The van der Waals surface area contributed by atoms with Crippen molar-refractivity contribution in [3.8, 4) is 0 Å². The molecule has 3 rings (SSSR count). The lowest BCUT2D eigenvalue weighted by molar-refractivity contribution is -0.130. The maximum absolute atomic E-state index is 12.6. The molecule has 1 unspecified atom stereocenters. The molecule has 140 valence electrons. The fraction of sp³-hybridized carbons (Fsp3) is 0.500. The number of piperidine rings is 1. The molecule has 3 amide bonds. The highest BCUT2D eigenvalue weighted by Gasteiger charge is 2.44. The number of hydrogen-bond acceptors (Lipinski definition) is 3. The number of guanidine groups is 1. The van der Waals surface area contributed by atoms with Gasteiger partial charge in [0.15, 0.2) is 5.96 Å². The molecule has 2 aliphatic rings. The van der Waals surface area contributed by atoms with Crippen LogP contribution in [0.2, 0.25) is 5.02 Å². The van der Waals surface area contributed by atoms with E-state index in [0.29, 0.717) is 30.2 Å². The Kier molecular flexibility index (Phi) is 5.09. The van der Waals surface area contributed by atoms with Crippen molar-refractivity contribution in [1.82, 2.24) is 15.1 Å². The smallest absolute Gasteiger partial charge is 0.321 e. The highest BCUT2D eigenvalue weighted by atomic mass is 35.5. The molecule has 2 atom stereocenters. The molecule has 0 radical (unpaired) electrons. The number of halogens is 1. The predicted octanol–water partition coefficient (Wildman–Crippen LogP) is 2.73. The summed E-state index contributed by atoms with van der Waals surface area (Å²) in [6.45, 7) is 3.18. The van der Waals surface area contributed by atoms with Gasteiger partial charge in [-0.25, -0.2) is 4.79 Å². The van der Waals surface area contributed by atoms with Crippen LogP contribution in [0.15, 0.2) is 24.3 Å². The first-order chi connectivity index (χ1) is 12.3. The Balaban J connectivity index is 1.68. The zero-order valence-corrected chi connectivity index (χ0v) is 15.8. The minimum Gasteiger partial charge on any atom is -0.350 e. The number of carbonyl (C=O) groups is 2. The molecule has 0 aromatic heterocycles. The van der Waals surface area contributed by atoms with Gasteiger partial charge in [-0.2, -0.15) is 0 Å². The molecule has 3 N–H and O–H groups in total. The summed E-state index contributed by atoms with van der Waals surface area (Å²) in [4.78, 5) is 27.9. The molecule has 0 bridgehead atoms. The SMILES string of the molecule is CN1C(=N)N[C@](C)(C2CCCN(C(=O)Nc3cccc(Cl)c3)C2)CC1=O. The lowest BCUT2D eigenvalue weighted by Crippen LogP contribution is -2.65. The van der Waals surface area contributed by atoms with Gasteiger partial charge in [-0.3, -0.25) is 15.1 Å². The van der Waals surface area contributed by atoms with Crippen molar-refractivity contribution in [2.45, 2.75) is 31.7 Å². The van der Waals surface area contributed by atoms with E-state index in [-0.39, 0.29) is 23.8 Å². The van der Waals surface area contributed by atoms with Crippen LogP contribution in [0.1, 0.15) is 26.2 Å². The van der Waals surface area contributed by atoms with Crippen LogP contribution in [0, 0.1) is 11.3 Å². The maximum atomic E-state index is 12.6. The van der Waals surface area contributed by atoms with Gasteiger partial charge in [-0.05, 0) is 43.9 Å². The van der Waals surface area contributed by atoms with Gasteiger partial charge in [-0.15, -0.1) is 0 Å². The Hall–Kier alpha value is -2.28. The zero-order chi connectivity index (χ0) is 18.9. The molecule has 8 heteroatoms. The van der Waals surface area contributed by atoms with Gasteiger partial charge in [0.25, 0.3) is 0 Å². The van der Waals surface area contributed by atoms with Gasteiger partial charge in [-0.1, -0.05) is 17.7 Å². The van der Waals surface area contributed by atoms with E-state index in [1.54, 1.807) is 36.2 Å². The van der Waals surface area contributed by atoms with E-state index in [1.807, 2.05) is 6.92 Å². The third kappa shape index (κ3) is 3.77. The van der Waals surface area contributed by atoms with E-state index >= 15 is 0 Å². The third-order valence-electron chi connectivity index (χ3n) is 5.32.